The standard InChI is InChI=1S/C20H19FN4O2/c1-14-5-6-18(17(21)11-14)24-20(27)15-3-2-4-16(12-15)23-19(26)7-9-25-10-8-22-13-25/h2-6,8,10-13H,7,9H2,1H3,(H,23,26)(H,24,27). The molecule has 6 nitrogen and oxygen atoms in total. The summed E-state index contributed by atoms with van der Waals surface area (Å²) < 4.78 is 15.7. The minimum atomic E-state index is -0.493. The van der Waals surface area contributed by atoms with Crippen LogP contribution in [-0.2, 0) is 11.3 Å². The van der Waals surface area contributed by atoms with Crippen LogP contribution in [-0.4, -0.2) is 21.4 Å². The number of carbonyl (C=O) groups excluding carboxylic acids is 2. The van der Waals surface area contributed by atoms with Crippen LogP contribution in [0.5, 0.6) is 0 Å². The maximum atomic E-state index is 13.9. The van der Waals surface area contributed by atoms with Crippen molar-refractivity contribution < 1.29 is 14.0 Å². The number of carbonyl (C=O) groups is 2. The van der Waals surface area contributed by atoms with Gasteiger partial charge in [0.25, 0.3) is 5.91 Å². The number of rotatable bonds is 6. The number of halogens is 1. The van der Waals surface area contributed by atoms with E-state index in [-0.39, 0.29) is 18.0 Å². The fourth-order valence-electron chi connectivity index (χ4n) is 2.53. The van der Waals surface area contributed by atoms with E-state index in [0.717, 1.165) is 5.56 Å². The van der Waals surface area contributed by atoms with E-state index in [4.69, 9.17) is 0 Å². The Morgan fingerprint density at radius 1 is 1.15 bits per heavy atom. The number of imidazole rings is 1. The first-order chi connectivity index (χ1) is 13.0. The third kappa shape index (κ3) is 5.01. The first-order valence-electron chi connectivity index (χ1n) is 8.44. The Morgan fingerprint density at radius 3 is 2.74 bits per heavy atom. The third-order valence-corrected chi connectivity index (χ3v) is 3.94. The van der Waals surface area contributed by atoms with Crippen molar-refractivity contribution in [3.8, 4) is 0 Å². The van der Waals surface area contributed by atoms with Gasteiger partial charge in [-0.15, -0.1) is 0 Å². The summed E-state index contributed by atoms with van der Waals surface area (Å²) in [7, 11) is 0. The van der Waals surface area contributed by atoms with Crippen molar-refractivity contribution in [1.82, 2.24) is 9.55 Å². The molecule has 0 fully saturated rings. The Balaban J connectivity index is 1.62. The highest BCUT2D eigenvalue weighted by molar-refractivity contribution is 6.05. The molecule has 0 saturated heterocycles. The van der Waals surface area contributed by atoms with Gasteiger partial charge in [0.05, 0.1) is 12.0 Å². The van der Waals surface area contributed by atoms with Crippen molar-refractivity contribution in [3.05, 3.63) is 78.1 Å². The summed E-state index contributed by atoms with van der Waals surface area (Å²) >= 11 is 0. The Bertz CT molecular complexity index is 954. The van der Waals surface area contributed by atoms with E-state index in [2.05, 4.69) is 15.6 Å². The Hall–Kier alpha value is -3.48. The van der Waals surface area contributed by atoms with Gasteiger partial charge in [0.15, 0.2) is 0 Å². The number of nitrogens with zero attached hydrogens (tertiary/aromatic N) is 2. The summed E-state index contributed by atoms with van der Waals surface area (Å²) in [5.74, 6) is -1.12. The lowest BCUT2D eigenvalue weighted by molar-refractivity contribution is -0.116. The van der Waals surface area contributed by atoms with Gasteiger partial charge in [-0.1, -0.05) is 12.1 Å². The average molecular weight is 366 g/mol. The van der Waals surface area contributed by atoms with Gasteiger partial charge in [-0.05, 0) is 42.8 Å². The number of anilines is 2. The fraction of sp³-hybridized carbons (Fsp3) is 0.150. The normalized spacial score (nSPS) is 10.4. The topological polar surface area (TPSA) is 76.0 Å². The Labute approximate surface area is 156 Å². The number of hydrogen-bond acceptors (Lipinski definition) is 3. The van der Waals surface area contributed by atoms with Crippen LogP contribution in [0.1, 0.15) is 22.3 Å². The van der Waals surface area contributed by atoms with Gasteiger partial charge >= 0.3 is 0 Å². The summed E-state index contributed by atoms with van der Waals surface area (Å²) in [5.41, 5.74) is 1.70. The van der Waals surface area contributed by atoms with Crippen LogP contribution in [0, 0.1) is 12.7 Å². The first-order valence-corrected chi connectivity index (χ1v) is 8.44. The Kier molecular flexibility index (Phi) is 5.61. The molecule has 0 unspecified atom stereocenters. The summed E-state index contributed by atoms with van der Waals surface area (Å²) in [6, 6.07) is 11.1. The van der Waals surface area contributed by atoms with Crippen LogP contribution in [0.4, 0.5) is 15.8 Å². The van der Waals surface area contributed by atoms with E-state index in [1.54, 1.807) is 60.5 Å². The second kappa shape index (κ2) is 8.27. The maximum absolute atomic E-state index is 13.9. The molecule has 0 bridgehead atoms. The first kappa shape index (κ1) is 18.3. The molecule has 0 saturated carbocycles. The van der Waals surface area contributed by atoms with Crippen LogP contribution in [0.3, 0.4) is 0 Å². The van der Waals surface area contributed by atoms with Crippen LogP contribution in [0.15, 0.2) is 61.2 Å². The second-order valence-corrected chi connectivity index (χ2v) is 6.12. The fourth-order valence-corrected chi connectivity index (χ4v) is 2.53. The minimum absolute atomic E-state index is 0.111. The lowest BCUT2D eigenvalue weighted by Crippen LogP contribution is -2.16. The molecule has 1 aromatic heterocycles. The van der Waals surface area contributed by atoms with Crippen molar-refractivity contribution in [2.24, 2.45) is 0 Å². The number of nitrogens with one attached hydrogen (secondary N) is 2. The summed E-state index contributed by atoms with van der Waals surface area (Å²) in [4.78, 5) is 28.4. The molecule has 3 rings (SSSR count). The van der Waals surface area contributed by atoms with Crippen molar-refractivity contribution in [1.29, 1.82) is 0 Å². The smallest absolute Gasteiger partial charge is 0.255 e. The predicted octanol–water partition coefficient (Wildman–Crippen LogP) is 3.61. The summed E-state index contributed by atoms with van der Waals surface area (Å²) in [6.45, 7) is 2.28. The van der Waals surface area contributed by atoms with Crippen LogP contribution >= 0.6 is 0 Å². The molecule has 2 amide bonds. The second-order valence-electron chi connectivity index (χ2n) is 6.12. The maximum Gasteiger partial charge on any atom is 0.255 e. The van der Waals surface area contributed by atoms with E-state index in [0.29, 0.717) is 17.8 Å². The number of amides is 2. The van der Waals surface area contributed by atoms with Crippen LogP contribution in [0.25, 0.3) is 0 Å². The van der Waals surface area contributed by atoms with E-state index in [1.807, 2.05) is 0 Å². The summed E-state index contributed by atoms with van der Waals surface area (Å²) in [5, 5.41) is 5.30. The lowest BCUT2D eigenvalue weighted by Gasteiger charge is -2.09. The van der Waals surface area contributed by atoms with E-state index in [9.17, 15) is 14.0 Å². The van der Waals surface area contributed by atoms with Gasteiger partial charge in [0.2, 0.25) is 5.91 Å². The molecule has 2 aromatic carbocycles. The molecular formula is C20H19FN4O2. The van der Waals surface area contributed by atoms with Gasteiger partial charge in [0, 0.05) is 36.6 Å². The predicted molar refractivity (Wildman–Crippen MR) is 101 cm³/mol. The highest BCUT2D eigenvalue weighted by Gasteiger charge is 2.11. The molecule has 138 valence electrons. The molecule has 0 atom stereocenters. The average Bonchev–Trinajstić information content (AvgIpc) is 3.16. The molecule has 0 aliphatic rings. The molecule has 0 aliphatic carbocycles. The lowest BCUT2D eigenvalue weighted by atomic mass is 10.1. The molecule has 7 heteroatoms. The van der Waals surface area contributed by atoms with E-state index in [1.165, 1.54) is 12.1 Å². The monoisotopic (exact) mass is 366 g/mol. The van der Waals surface area contributed by atoms with Crippen LogP contribution in [0.2, 0.25) is 0 Å². The third-order valence-electron chi connectivity index (χ3n) is 3.94. The number of benzene rings is 2. The number of hydrogen-bond donors (Lipinski definition) is 2. The van der Waals surface area contributed by atoms with Gasteiger partial charge in [-0.3, -0.25) is 9.59 Å². The quantitative estimate of drug-likeness (QED) is 0.700. The highest BCUT2D eigenvalue weighted by Crippen LogP contribution is 2.18. The zero-order chi connectivity index (χ0) is 19.2. The van der Waals surface area contributed by atoms with Gasteiger partial charge in [0.1, 0.15) is 5.82 Å². The largest absolute Gasteiger partial charge is 0.337 e. The molecule has 1 heterocycles. The van der Waals surface area contributed by atoms with Crippen molar-refractivity contribution >= 4 is 23.2 Å². The van der Waals surface area contributed by atoms with Crippen molar-refractivity contribution in [2.75, 3.05) is 10.6 Å². The van der Waals surface area contributed by atoms with Gasteiger partial charge in [-0.2, -0.15) is 0 Å². The number of aromatic nitrogens is 2. The SMILES string of the molecule is Cc1ccc(NC(=O)c2cccc(NC(=O)CCn3ccnc3)c2)c(F)c1. The summed E-state index contributed by atoms with van der Waals surface area (Å²) in [6.07, 6.45) is 5.35. The molecule has 2 N–H and O–H groups in total. The van der Waals surface area contributed by atoms with E-state index >= 15 is 0 Å². The molecule has 27 heavy (non-hydrogen) atoms. The van der Waals surface area contributed by atoms with E-state index < -0.39 is 11.7 Å². The van der Waals surface area contributed by atoms with Crippen molar-refractivity contribution in [2.45, 2.75) is 19.9 Å². The van der Waals surface area contributed by atoms with Crippen LogP contribution < -0.4 is 10.6 Å². The molecule has 0 aliphatic heterocycles. The molecule has 3 aromatic rings. The molecular weight excluding hydrogens is 347 g/mol. The highest BCUT2D eigenvalue weighted by atomic mass is 19.1. The minimum Gasteiger partial charge on any atom is -0.337 e. The zero-order valence-corrected chi connectivity index (χ0v) is 14.8. The van der Waals surface area contributed by atoms with Gasteiger partial charge < -0.3 is 15.2 Å². The molecule has 0 spiro atoms. The zero-order valence-electron chi connectivity index (χ0n) is 14.8. The van der Waals surface area contributed by atoms with Gasteiger partial charge in [-0.25, -0.2) is 9.37 Å². The van der Waals surface area contributed by atoms with Crippen molar-refractivity contribution in [3.63, 3.8) is 0 Å². The number of aryl methyl sites for hydroxylation is 2. The Morgan fingerprint density at radius 2 is 2.00 bits per heavy atom. The molecule has 0 radical (unpaired) electrons.